The summed E-state index contributed by atoms with van der Waals surface area (Å²) in [6.07, 6.45) is 0.972. The molecule has 0 spiro atoms. The quantitative estimate of drug-likeness (QED) is 0.596. The number of aliphatic hydroxyl groups excluding tert-OH is 1. The Kier molecular flexibility index (Phi) is 6.35. The minimum Gasteiger partial charge on any atom is -0.493 e. The van der Waals surface area contributed by atoms with Gasteiger partial charge in [-0.1, -0.05) is 30.3 Å². The van der Waals surface area contributed by atoms with E-state index in [2.05, 4.69) is 17.1 Å². The second kappa shape index (κ2) is 8.26. The van der Waals surface area contributed by atoms with Crippen LogP contribution in [0.4, 0.5) is 0 Å². The first-order chi connectivity index (χ1) is 10.2. The summed E-state index contributed by atoms with van der Waals surface area (Å²) in [5.41, 5.74) is 0. The highest BCUT2D eigenvalue weighted by molar-refractivity contribution is 7.99. The van der Waals surface area contributed by atoms with Crippen LogP contribution in [0, 0.1) is 0 Å². The van der Waals surface area contributed by atoms with Crippen LogP contribution in [-0.4, -0.2) is 32.2 Å². The summed E-state index contributed by atoms with van der Waals surface area (Å²) in [6.45, 7) is 3.37. The fourth-order valence-corrected chi connectivity index (χ4v) is 2.74. The van der Waals surface area contributed by atoms with Crippen molar-refractivity contribution in [2.75, 3.05) is 12.4 Å². The molecule has 1 heterocycles. The van der Waals surface area contributed by atoms with Gasteiger partial charge in [-0.15, -0.1) is 10.2 Å². The fourth-order valence-electron chi connectivity index (χ4n) is 1.81. The van der Waals surface area contributed by atoms with Crippen LogP contribution < -0.4 is 4.74 Å². The number of rotatable bonds is 8. The Morgan fingerprint density at radius 1 is 1.29 bits per heavy atom. The van der Waals surface area contributed by atoms with Crippen LogP contribution in [0.15, 0.2) is 29.4 Å². The molecule has 0 amide bonds. The van der Waals surface area contributed by atoms with Crippen molar-refractivity contribution in [2.45, 2.75) is 31.7 Å². The van der Waals surface area contributed by atoms with Crippen LogP contribution >= 0.6 is 23.4 Å². The Balaban J connectivity index is 1.83. The summed E-state index contributed by atoms with van der Waals surface area (Å²) >= 11 is 7.39. The highest BCUT2D eigenvalue weighted by Gasteiger charge is 2.10. The van der Waals surface area contributed by atoms with E-state index in [-0.39, 0.29) is 6.61 Å². The molecule has 0 atom stereocenters. The Labute approximate surface area is 133 Å². The minimum absolute atomic E-state index is 0.0885. The number of aliphatic hydroxyl groups is 1. The summed E-state index contributed by atoms with van der Waals surface area (Å²) in [6, 6.07) is 7.29. The Morgan fingerprint density at radius 2 is 2.05 bits per heavy atom. The molecule has 0 aliphatic rings. The Bertz CT molecular complexity index is 560. The number of benzene rings is 1. The zero-order valence-electron chi connectivity index (χ0n) is 11.8. The summed E-state index contributed by atoms with van der Waals surface area (Å²) in [4.78, 5) is 0. The normalized spacial score (nSPS) is 10.8. The molecular formula is C14H18ClN3O2S. The van der Waals surface area contributed by atoms with Crippen molar-refractivity contribution < 1.29 is 9.84 Å². The van der Waals surface area contributed by atoms with E-state index in [1.54, 1.807) is 23.9 Å². The summed E-state index contributed by atoms with van der Waals surface area (Å²) in [5, 5.41) is 18.8. The molecule has 0 aliphatic carbocycles. The van der Waals surface area contributed by atoms with Crippen molar-refractivity contribution in [1.82, 2.24) is 14.8 Å². The van der Waals surface area contributed by atoms with Gasteiger partial charge in [0.2, 0.25) is 0 Å². The molecule has 0 saturated heterocycles. The van der Waals surface area contributed by atoms with Crippen LogP contribution in [0.1, 0.15) is 19.2 Å². The Morgan fingerprint density at radius 3 is 2.71 bits per heavy atom. The van der Waals surface area contributed by atoms with Gasteiger partial charge in [0.05, 0.1) is 6.61 Å². The first kappa shape index (κ1) is 16.1. The predicted octanol–water partition coefficient (Wildman–Crippen LogP) is 3.00. The van der Waals surface area contributed by atoms with E-state index in [0.29, 0.717) is 17.5 Å². The number of aromatic nitrogens is 3. The van der Waals surface area contributed by atoms with Crippen molar-refractivity contribution in [3.05, 3.63) is 35.1 Å². The average molecular weight is 328 g/mol. The molecule has 0 saturated carbocycles. The second-order valence-corrected chi connectivity index (χ2v) is 5.86. The third-order valence-electron chi connectivity index (χ3n) is 2.78. The number of hydrogen-bond acceptors (Lipinski definition) is 5. The molecule has 1 N–H and O–H groups in total. The molecule has 0 aliphatic heterocycles. The zero-order valence-corrected chi connectivity index (χ0v) is 13.4. The molecule has 0 radical (unpaired) electrons. The number of nitrogens with zero attached hydrogens (tertiary/aromatic N) is 3. The third kappa shape index (κ3) is 4.62. The van der Waals surface area contributed by atoms with Crippen LogP contribution in [0.25, 0.3) is 0 Å². The molecule has 0 unspecified atom stereocenters. The lowest BCUT2D eigenvalue weighted by Crippen LogP contribution is -2.06. The van der Waals surface area contributed by atoms with Gasteiger partial charge in [-0.25, -0.2) is 0 Å². The molecule has 21 heavy (non-hydrogen) atoms. The van der Waals surface area contributed by atoms with E-state index in [1.807, 2.05) is 16.7 Å². The SMILES string of the molecule is CCCn1c(CO)nnc1SCCOc1ccc(Cl)cc1. The van der Waals surface area contributed by atoms with Gasteiger partial charge in [0.1, 0.15) is 12.4 Å². The summed E-state index contributed by atoms with van der Waals surface area (Å²) in [5.74, 6) is 2.17. The largest absolute Gasteiger partial charge is 0.493 e. The number of ether oxygens (including phenoxy) is 1. The lowest BCUT2D eigenvalue weighted by Gasteiger charge is -2.08. The standard InChI is InChI=1S/C14H18ClN3O2S/c1-2-7-18-13(10-19)16-17-14(18)21-9-8-20-12-5-3-11(15)4-6-12/h3-6,19H,2,7-10H2,1H3. The molecule has 0 bridgehead atoms. The molecule has 7 heteroatoms. The number of thioether (sulfide) groups is 1. The molecule has 5 nitrogen and oxygen atoms in total. The van der Waals surface area contributed by atoms with Crippen molar-refractivity contribution in [1.29, 1.82) is 0 Å². The van der Waals surface area contributed by atoms with Crippen molar-refractivity contribution >= 4 is 23.4 Å². The highest BCUT2D eigenvalue weighted by Crippen LogP contribution is 2.19. The zero-order chi connectivity index (χ0) is 15.1. The monoisotopic (exact) mass is 327 g/mol. The van der Waals surface area contributed by atoms with E-state index >= 15 is 0 Å². The lowest BCUT2D eigenvalue weighted by molar-refractivity contribution is 0.263. The van der Waals surface area contributed by atoms with E-state index in [4.69, 9.17) is 16.3 Å². The van der Waals surface area contributed by atoms with Gasteiger partial charge < -0.3 is 14.4 Å². The predicted molar refractivity (Wildman–Crippen MR) is 83.9 cm³/mol. The molecular weight excluding hydrogens is 310 g/mol. The molecule has 2 rings (SSSR count). The van der Waals surface area contributed by atoms with Gasteiger partial charge >= 0.3 is 0 Å². The van der Waals surface area contributed by atoms with Gasteiger partial charge in [-0.3, -0.25) is 0 Å². The van der Waals surface area contributed by atoms with E-state index < -0.39 is 0 Å². The van der Waals surface area contributed by atoms with E-state index in [1.165, 1.54) is 0 Å². The van der Waals surface area contributed by atoms with Gasteiger partial charge in [-0.05, 0) is 30.7 Å². The van der Waals surface area contributed by atoms with Crippen LogP contribution in [-0.2, 0) is 13.2 Å². The Hall–Kier alpha value is -1.24. The van der Waals surface area contributed by atoms with Crippen LogP contribution in [0.3, 0.4) is 0 Å². The highest BCUT2D eigenvalue weighted by atomic mass is 35.5. The average Bonchev–Trinajstić information content (AvgIpc) is 2.88. The van der Waals surface area contributed by atoms with Crippen molar-refractivity contribution in [2.24, 2.45) is 0 Å². The molecule has 0 fully saturated rings. The third-order valence-corrected chi connectivity index (χ3v) is 3.96. The van der Waals surface area contributed by atoms with Gasteiger partial charge in [-0.2, -0.15) is 0 Å². The second-order valence-electron chi connectivity index (χ2n) is 4.36. The van der Waals surface area contributed by atoms with Crippen LogP contribution in [0.5, 0.6) is 5.75 Å². The van der Waals surface area contributed by atoms with Crippen molar-refractivity contribution in [3.63, 3.8) is 0 Å². The topological polar surface area (TPSA) is 60.2 Å². The summed E-state index contributed by atoms with van der Waals surface area (Å²) in [7, 11) is 0. The van der Waals surface area contributed by atoms with E-state index in [9.17, 15) is 5.11 Å². The maximum absolute atomic E-state index is 9.23. The lowest BCUT2D eigenvalue weighted by atomic mass is 10.3. The maximum Gasteiger partial charge on any atom is 0.191 e. The smallest absolute Gasteiger partial charge is 0.191 e. The van der Waals surface area contributed by atoms with Gasteiger partial charge in [0, 0.05) is 17.3 Å². The molecule has 1 aromatic heterocycles. The number of halogens is 1. The molecule has 2 aromatic rings. The van der Waals surface area contributed by atoms with Gasteiger partial charge in [0.25, 0.3) is 0 Å². The van der Waals surface area contributed by atoms with Gasteiger partial charge in [0.15, 0.2) is 11.0 Å². The fraction of sp³-hybridized carbons (Fsp3) is 0.429. The van der Waals surface area contributed by atoms with Crippen LogP contribution in [0.2, 0.25) is 5.02 Å². The van der Waals surface area contributed by atoms with E-state index in [0.717, 1.165) is 29.6 Å². The molecule has 114 valence electrons. The maximum atomic E-state index is 9.23. The van der Waals surface area contributed by atoms with Crippen molar-refractivity contribution in [3.8, 4) is 5.75 Å². The first-order valence-corrected chi connectivity index (χ1v) is 8.15. The summed E-state index contributed by atoms with van der Waals surface area (Å²) < 4.78 is 7.58. The molecule has 1 aromatic carbocycles. The first-order valence-electron chi connectivity index (χ1n) is 6.78. The minimum atomic E-state index is -0.0885. The number of hydrogen-bond donors (Lipinski definition) is 1.